The van der Waals surface area contributed by atoms with E-state index in [4.69, 9.17) is 16.7 Å². The Kier molecular flexibility index (Phi) is 4.76. The van der Waals surface area contributed by atoms with Crippen LogP contribution in [0.3, 0.4) is 0 Å². The zero-order valence-corrected chi connectivity index (χ0v) is 9.01. The van der Waals surface area contributed by atoms with Gasteiger partial charge in [0.15, 0.2) is 0 Å². The van der Waals surface area contributed by atoms with Gasteiger partial charge in [0, 0.05) is 18.4 Å². The molecule has 14 heavy (non-hydrogen) atoms. The van der Waals surface area contributed by atoms with Crippen molar-refractivity contribution < 1.29 is 9.90 Å². The van der Waals surface area contributed by atoms with Crippen LogP contribution in [0.15, 0.2) is 23.4 Å². The topological polar surface area (TPSA) is 50.2 Å². The summed E-state index contributed by atoms with van der Waals surface area (Å²) in [5.41, 5.74) is 0. The molecule has 0 saturated carbocycles. The minimum atomic E-state index is -0.766. The average Bonchev–Trinajstić information content (AvgIpc) is 2.15. The fourth-order valence-electron chi connectivity index (χ4n) is 0.870. The first kappa shape index (κ1) is 11.3. The van der Waals surface area contributed by atoms with Crippen LogP contribution < -0.4 is 0 Å². The molecule has 0 unspecified atom stereocenters. The van der Waals surface area contributed by atoms with E-state index in [-0.39, 0.29) is 6.42 Å². The van der Waals surface area contributed by atoms with Crippen molar-refractivity contribution in [2.45, 2.75) is 17.9 Å². The first-order valence-electron chi connectivity index (χ1n) is 4.15. The largest absolute Gasteiger partial charge is 0.481 e. The SMILES string of the molecule is O=C(O)CCCSc1ncccc1Cl. The molecule has 1 rings (SSSR count). The van der Waals surface area contributed by atoms with E-state index in [2.05, 4.69) is 4.98 Å². The molecule has 0 fully saturated rings. The number of aromatic nitrogens is 1. The van der Waals surface area contributed by atoms with E-state index in [9.17, 15) is 4.79 Å². The molecule has 0 aliphatic heterocycles. The smallest absolute Gasteiger partial charge is 0.303 e. The van der Waals surface area contributed by atoms with E-state index < -0.39 is 5.97 Å². The Hall–Kier alpha value is -0.740. The van der Waals surface area contributed by atoms with Gasteiger partial charge in [-0.2, -0.15) is 0 Å². The first-order valence-corrected chi connectivity index (χ1v) is 5.51. The fraction of sp³-hybridized carbons (Fsp3) is 0.333. The summed E-state index contributed by atoms with van der Waals surface area (Å²) < 4.78 is 0. The molecule has 1 heterocycles. The summed E-state index contributed by atoms with van der Waals surface area (Å²) >= 11 is 7.35. The van der Waals surface area contributed by atoms with Gasteiger partial charge in [0.1, 0.15) is 5.03 Å². The Bertz CT molecular complexity index is 319. The monoisotopic (exact) mass is 231 g/mol. The molecule has 0 bridgehead atoms. The van der Waals surface area contributed by atoms with Crippen LogP contribution >= 0.6 is 23.4 Å². The van der Waals surface area contributed by atoms with Crippen LogP contribution in [0.4, 0.5) is 0 Å². The van der Waals surface area contributed by atoms with Crippen LogP contribution in [0.5, 0.6) is 0 Å². The molecular formula is C9H10ClNO2S. The zero-order chi connectivity index (χ0) is 10.4. The average molecular weight is 232 g/mol. The minimum absolute atomic E-state index is 0.192. The Labute approximate surface area is 91.5 Å². The van der Waals surface area contributed by atoms with E-state index in [1.807, 2.05) is 0 Å². The highest BCUT2D eigenvalue weighted by molar-refractivity contribution is 7.99. The maximum absolute atomic E-state index is 10.2. The third-order valence-corrected chi connectivity index (χ3v) is 3.01. The second kappa shape index (κ2) is 5.88. The number of carbonyl (C=O) groups is 1. The van der Waals surface area contributed by atoms with Gasteiger partial charge in [-0.15, -0.1) is 11.8 Å². The second-order valence-electron chi connectivity index (χ2n) is 2.64. The van der Waals surface area contributed by atoms with Crippen molar-refractivity contribution in [3.8, 4) is 0 Å². The summed E-state index contributed by atoms with van der Waals surface area (Å²) in [6.45, 7) is 0. The molecule has 76 valence electrons. The summed E-state index contributed by atoms with van der Waals surface area (Å²) in [5, 5.41) is 9.80. The van der Waals surface area contributed by atoms with Crippen molar-refractivity contribution in [3.63, 3.8) is 0 Å². The van der Waals surface area contributed by atoms with Gasteiger partial charge in [-0.3, -0.25) is 4.79 Å². The number of pyridine rings is 1. The summed E-state index contributed by atoms with van der Waals surface area (Å²) in [6, 6.07) is 3.54. The van der Waals surface area contributed by atoms with Gasteiger partial charge in [-0.25, -0.2) is 4.98 Å². The van der Waals surface area contributed by atoms with Gasteiger partial charge < -0.3 is 5.11 Å². The molecule has 5 heteroatoms. The van der Waals surface area contributed by atoms with Gasteiger partial charge in [0.2, 0.25) is 0 Å². The third-order valence-electron chi connectivity index (χ3n) is 1.50. The standard InChI is InChI=1S/C9H10ClNO2S/c10-7-3-1-5-11-9(7)14-6-2-4-8(12)13/h1,3,5H,2,4,6H2,(H,12,13). The van der Waals surface area contributed by atoms with Crippen LogP contribution in [-0.4, -0.2) is 21.8 Å². The lowest BCUT2D eigenvalue weighted by atomic mass is 10.3. The molecule has 0 amide bonds. The number of hydrogen-bond donors (Lipinski definition) is 1. The van der Waals surface area contributed by atoms with Gasteiger partial charge >= 0.3 is 5.97 Å². The Balaban J connectivity index is 2.31. The highest BCUT2D eigenvalue weighted by atomic mass is 35.5. The Morgan fingerprint density at radius 2 is 2.43 bits per heavy atom. The molecule has 0 saturated heterocycles. The molecular weight excluding hydrogens is 222 g/mol. The number of carboxylic acids is 1. The van der Waals surface area contributed by atoms with Crippen molar-refractivity contribution in [2.75, 3.05) is 5.75 Å². The molecule has 0 spiro atoms. The number of rotatable bonds is 5. The minimum Gasteiger partial charge on any atom is -0.481 e. The lowest BCUT2D eigenvalue weighted by Gasteiger charge is -2.00. The first-order chi connectivity index (χ1) is 6.70. The number of halogens is 1. The summed E-state index contributed by atoms with van der Waals surface area (Å²) in [5.74, 6) is -0.0408. The van der Waals surface area contributed by atoms with Crippen LogP contribution in [0, 0.1) is 0 Å². The maximum atomic E-state index is 10.2. The number of hydrogen-bond acceptors (Lipinski definition) is 3. The van der Waals surface area contributed by atoms with E-state index in [0.717, 1.165) is 10.8 Å². The quantitative estimate of drug-likeness (QED) is 0.625. The van der Waals surface area contributed by atoms with Gasteiger partial charge in [0.25, 0.3) is 0 Å². The summed E-state index contributed by atoms with van der Waals surface area (Å²) in [4.78, 5) is 14.3. The van der Waals surface area contributed by atoms with Crippen LogP contribution in [0.1, 0.15) is 12.8 Å². The van der Waals surface area contributed by atoms with Crippen molar-refractivity contribution >= 4 is 29.3 Å². The van der Waals surface area contributed by atoms with Crippen molar-refractivity contribution in [2.24, 2.45) is 0 Å². The van der Waals surface area contributed by atoms with Gasteiger partial charge in [-0.05, 0) is 18.6 Å². The van der Waals surface area contributed by atoms with Crippen LogP contribution in [0.25, 0.3) is 0 Å². The van der Waals surface area contributed by atoms with E-state index in [1.54, 1.807) is 18.3 Å². The van der Waals surface area contributed by atoms with Crippen LogP contribution in [0.2, 0.25) is 5.02 Å². The molecule has 0 aliphatic rings. The summed E-state index contributed by atoms with van der Waals surface area (Å²) in [6.07, 6.45) is 2.50. The summed E-state index contributed by atoms with van der Waals surface area (Å²) in [7, 11) is 0. The van der Waals surface area contributed by atoms with Gasteiger partial charge in [0.05, 0.1) is 5.02 Å². The number of carboxylic acid groups (broad SMARTS) is 1. The molecule has 1 aromatic rings. The molecule has 0 aromatic carbocycles. The number of nitrogens with zero attached hydrogens (tertiary/aromatic N) is 1. The van der Waals surface area contributed by atoms with E-state index >= 15 is 0 Å². The number of aliphatic carboxylic acids is 1. The van der Waals surface area contributed by atoms with Crippen LogP contribution in [-0.2, 0) is 4.79 Å². The fourth-order valence-corrected chi connectivity index (χ4v) is 1.98. The molecule has 3 nitrogen and oxygen atoms in total. The Morgan fingerprint density at radius 1 is 1.64 bits per heavy atom. The lowest BCUT2D eigenvalue weighted by molar-refractivity contribution is -0.137. The van der Waals surface area contributed by atoms with Gasteiger partial charge in [-0.1, -0.05) is 11.6 Å². The predicted molar refractivity (Wildman–Crippen MR) is 56.8 cm³/mol. The van der Waals surface area contributed by atoms with Crippen molar-refractivity contribution in [1.29, 1.82) is 0 Å². The molecule has 0 radical (unpaired) electrons. The van der Waals surface area contributed by atoms with E-state index in [0.29, 0.717) is 11.4 Å². The molecule has 1 N–H and O–H groups in total. The number of thioether (sulfide) groups is 1. The Morgan fingerprint density at radius 3 is 3.07 bits per heavy atom. The third kappa shape index (κ3) is 3.98. The van der Waals surface area contributed by atoms with Crippen molar-refractivity contribution in [3.05, 3.63) is 23.4 Å². The highest BCUT2D eigenvalue weighted by Gasteiger charge is 2.02. The highest BCUT2D eigenvalue weighted by Crippen LogP contribution is 2.24. The molecule has 1 aromatic heterocycles. The molecule has 0 aliphatic carbocycles. The zero-order valence-electron chi connectivity index (χ0n) is 7.44. The molecule has 0 atom stereocenters. The normalized spacial score (nSPS) is 10.1. The maximum Gasteiger partial charge on any atom is 0.303 e. The second-order valence-corrected chi connectivity index (χ2v) is 4.13. The van der Waals surface area contributed by atoms with Crippen molar-refractivity contribution in [1.82, 2.24) is 4.98 Å². The predicted octanol–water partition coefficient (Wildman–Crippen LogP) is 2.69. The van der Waals surface area contributed by atoms with E-state index in [1.165, 1.54) is 11.8 Å². The lowest BCUT2D eigenvalue weighted by Crippen LogP contribution is -1.95.